The highest BCUT2D eigenvalue weighted by Crippen LogP contribution is 2.28. The zero-order valence-corrected chi connectivity index (χ0v) is 14.2. The van der Waals surface area contributed by atoms with Crippen LogP contribution in [0.25, 0.3) is 6.08 Å². The fourth-order valence-electron chi connectivity index (χ4n) is 2.22. The number of ketones is 1. The van der Waals surface area contributed by atoms with Crippen LogP contribution in [0.3, 0.4) is 0 Å². The Morgan fingerprint density at radius 1 is 1.04 bits per heavy atom. The smallest absolute Gasteiger partial charge is 0.185 e. The highest BCUT2D eigenvalue weighted by molar-refractivity contribution is 6.07. The van der Waals surface area contributed by atoms with Crippen LogP contribution in [0.2, 0.25) is 0 Å². The van der Waals surface area contributed by atoms with Crippen molar-refractivity contribution < 1.29 is 19.0 Å². The normalized spacial score (nSPS) is 10.8. The van der Waals surface area contributed by atoms with E-state index in [1.807, 2.05) is 37.3 Å². The SMILES string of the molecule is COCCOc1ccc(C(=O)/C=C/c2cccc(C)c2)cc1OC. The van der Waals surface area contributed by atoms with E-state index in [2.05, 4.69) is 0 Å². The van der Waals surface area contributed by atoms with Gasteiger partial charge in [-0.05, 0) is 36.8 Å². The fourth-order valence-corrected chi connectivity index (χ4v) is 2.22. The lowest BCUT2D eigenvalue weighted by molar-refractivity contribution is 0.104. The van der Waals surface area contributed by atoms with Gasteiger partial charge in [-0.25, -0.2) is 0 Å². The van der Waals surface area contributed by atoms with Crippen LogP contribution in [0.1, 0.15) is 21.5 Å². The van der Waals surface area contributed by atoms with E-state index < -0.39 is 0 Å². The van der Waals surface area contributed by atoms with Crippen LogP contribution < -0.4 is 9.47 Å². The van der Waals surface area contributed by atoms with E-state index in [9.17, 15) is 4.79 Å². The predicted octanol–water partition coefficient (Wildman–Crippen LogP) is 3.92. The van der Waals surface area contributed by atoms with Crippen molar-refractivity contribution in [3.05, 3.63) is 65.2 Å². The Morgan fingerprint density at radius 2 is 1.88 bits per heavy atom. The molecule has 2 rings (SSSR count). The maximum Gasteiger partial charge on any atom is 0.185 e. The van der Waals surface area contributed by atoms with Gasteiger partial charge in [0.1, 0.15) is 6.61 Å². The molecule has 0 fully saturated rings. The number of benzene rings is 2. The Hall–Kier alpha value is -2.59. The molecular weight excluding hydrogens is 304 g/mol. The van der Waals surface area contributed by atoms with Gasteiger partial charge in [-0.3, -0.25) is 4.79 Å². The third-order valence-electron chi connectivity index (χ3n) is 3.46. The maximum atomic E-state index is 12.3. The molecule has 0 aliphatic carbocycles. The summed E-state index contributed by atoms with van der Waals surface area (Å²) in [7, 11) is 3.16. The zero-order chi connectivity index (χ0) is 17.4. The monoisotopic (exact) mass is 326 g/mol. The summed E-state index contributed by atoms with van der Waals surface area (Å²) < 4.78 is 15.8. The number of aryl methyl sites for hydroxylation is 1. The quantitative estimate of drug-likeness (QED) is 0.419. The van der Waals surface area contributed by atoms with Crippen molar-refractivity contribution in [3.63, 3.8) is 0 Å². The predicted molar refractivity (Wildman–Crippen MR) is 94.9 cm³/mol. The second-order valence-electron chi connectivity index (χ2n) is 5.32. The molecule has 4 heteroatoms. The van der Waals surface area contributed by atoms with E-state index in [0.717, 1.165) is 11.1 Å². The van der Waals surface area contributed by atoms with E-state index in [1.54, 1.807) is 38.5 Å². The molecular formula is C20H22O4. The lowest BCUT2D eigenvalue weighted by Gasteiger charge is -2.11. The van der Waals surface area contributed by atoms with Crippen LogP contribution in [-0.2, 0) is 4.74 Å². The van der Waals surface area contributed by atoms with Crippen LogP contribution in [0.15, 0.2) is 48.5 Å². The maximum absolute atomic E-state index is 12.3. The van der Waals surface area contributed by atoms with E-state index in [4.69, 9.17) is 14.2 Å². The van der Waals surface area contributed by atoms with Crippen LogP contribution in [0.4, 0.5) is 0 Å². The van der Waals surface area contributed by atoms with Crippen LogP contribution in [-0.4, -0.2) is 33.2 Å². The number of hydrogen-bond acceptors (Lipinski definition) is 4. The molecule has 24 heavy (non-hydrogen) atoms. The van der Waals surface area contributed by atoms with Crippen LogP contribution >= 0.6 is 0 Å². The number of allylic oxidation sites excluding steroid dienone is 1. The van der Waals surface area contributed by atoms with Crippen molar-refractivity contribution in [2.75, 3.05) is 27.4 Å². The Kier molecular flexibility index (Phi) is 6.58. The van der Waals surface area contributed by atoms with Gasteiger partial charge in [0.2, 0.25) is 0 Å². The van der Waals surface area contributed by atoms with Gasteiger partial charge >= 0.3 is 0 Å². The largest absolute Gasteiger partial charge is 0.493 e. The summed E-state index contributed by atoms with van der Waals surface area (Å²) in [5.41, 5.74) is 2.70. The first-order chi connectivity index (χ1) is 11.6. The van der Waals surface area contributed by atoms with E-state index in [-0.39, 0.29) is 5.78 Å². The fraction of sp³-hybridized carbons (Fsp3) is 0.250. The molecule has 0 N–H and O–H groups in total. The van der Waals surface area contributed by atoms with Gasteiger partial charge in [-0.15, -0.1) is 0 Å². The molecule has 0 unspecified atom stereocenters. The molecule has 0 aliphatic heterocycles. The highest BCUT2D eigenvalue weighted by atomic mass is 16.5. The first-order valence-corrected chi connectivity index (χ1v) is 7.73. The molecule has 0 aromatic heterocycles. The van der Waals surface area contributed by atoms with Crippen molar-refractivity contribution in [1.29, 1.82) is 0 Å². The molecule has 0 atom stereocenters. The average Bonchev–Trinajstić information content (AvgIpc) is 2.60. The molecule has 2 aromatic rings. The molecule has 0 aliphatic rings. The molecule has 0 saturated carbocycles. The summed E-state index contributed by atoms with van der Waals surface area (Å²) >= 11 is 0. The summed E-state index contributed by atoms with van der Waals surface area (Å²) in [5.74, 6) is 1.04. The first-order valence-electron chi connectivity index (χ1n) is 7.73. The molecule has 126 valence electrons. The highest BCUT2D eigenvalue weighted by Gasteiger charge is 2.09. The number of carbonyl (C=O) groups is 1. The van der Waals surface area contributed by atoms with Gasteiger partial charge in [0.15, 0.2) is 17.3 Å². The molecule has 0 heterocycles. The zero-order valence-electron chi connectivity index (χ0n) is 14.2. The molecule has 0 bridgehead atoms. The minimum absolute atomic E-state index is 0.0850. The van der Waals surface area contributed by atoms with Gasteiger partial charge < -0.3 is 14.2 Å². The first kappa shape index (κ1) is 17.8. The molecule has 0 amide bonds. The lowest BCUT2D eigenvalue weighted by Crippen LogP contribution is -2.06. The van der Waals surface area contributed by atoms with Crippen molar-refractivity contribution >= 4 is 11.9 Å². The van der Waals surface area contributed by atoms with Crippen molar-refractivity contribution in [2.45, 2.75) is 6.92 Å². The minimum atomic E-state index is -0.0850. The number of carbonyl (C=O) groups excluding carboxylic acids is 1. The topological polar surface area (TPSA) is 44.8 Å². The molecule has 0 saturated heterocycles. The van der Waals surface area contributed by atoms with Crippen LogP contribution in [0, 0.1) is 6.92 Å². The summed E-state index contributed by atoms with van der Waals surface area (Å²) in [4.78, 5) is 12.3. The van der Waals surface area contributed by atoms with E-state index in [0.29, 0.717) is 30.3 Å². The van der Waals surface area contributed by atoms with Gasteiger partial charge in [0.25, 0.3) is 0 Å². The summed E-state index contributed by atoms with van der Waals surface area (Å²) in [5, 5.41) is 0. The second kappa shape index (κ2) is 8.89. The summed E-state index contributed by atoms with van der Waals surface area (Å²) in [6, 6.07) is 13.1. The van der Waals surface area contributed by atoms with Crippen molar-refractivity contribution in [1.82, 2.24) is 0 Å². The Balaban J connectivity index is 2.11. The molecule has 0 radical (unpaired) electrons. The van der Waals surface area contributed by atoms with Crippen molar-refractivity contribution in [2.24, 2.45) is 0 Å². The Morgan fingerprint density at radius 3 is 2.58 bits per heavy atom. The van der Waals surface area contributed by atoms with E-state index in [1.165, 1.54) is 0 Å². The third-order valence-corrected chi connectivity index (χ3v) is 3.46. The summed E-state index contributed by atoms with van der Waals surface area (Å²) in [6.07, 6.45) is 3.37. The summed E-state index contributed by atoms with van der Waals surface area (Å²) in [6.45, 7) is 2.93. The number of rotatable bonds is 8. The number of ether oxygens (including phenoxy) is 3. The van der Waals surface area contributed by atoms with E-state index >= 15 is 0 Å². The standard InChI is InChI=1S/C20H22O4/c1-15-5-4-6-16(13-15)7-9-18(21)17-8-10-19(20(14-17)23-3)24-12-11-22-2/h4-10,13-14H,11-12H2,1-3H3/b9-7+. The average molecular weight is 326 g/mol. The third kappa shape index (κ3) is 4.96. The second-order valence-corrected chi connectivity index (χ2v) is 5.32. The number of methoxy groups -OCH3 is 2. The molecule has 2 aromatic carbocycles. The van der Waals surface area contributed by atoms with Gasteiger partial charge in [-0.1, -0.05) is 35.9 Å². The molecule has 4 nitrogen and oxygen atoms in total. The number of hydrogen-bond donors (Lipinski definition) is 0. The Bertz CT molecular complexity index is 719. The van der Waals surface area contributed by atoms with Crippen molar-refractivity contribution in [3.8, 4) is 11.5 Å². The lowest BCUT2D eigenvalue weighted by atomic mass is 10.1. The molecule has 0 spiro atoms. The van der Waals surface area contributed by atoms with Gasteiger partial charge in [0.05, 0.1) is 13.7 Å². The van der Waals surface area contributed by atoms with Gasteiger partial charge in [-0.2, -0.15) is 0 Å². The van der Waals surface area contributed by atoms with Gasteiger partial charge in [0, 0.05) is 12.7 Å². The minimum Gasteiger partial charge on any atom is -0.493 e. The van der Waals surface area contributed by atoms with Crippen LogP contribution in [0.5, 0.6) is 11.5 Å². The Labute approximate surface area is 142 Å².